The van der Waals surface area contributed by atoms with Gasteiger partial charge in [-0.25, -0.2) is 9.97 Å². The summed E-state index contributed by atoms with van der Waals surface area (Å²) in [6, 6.07) is 4.33. The molecule has 1 fully saturated rings. The average Bonchev–Trinajstić information content (AvgIpc) is 3.18. The SMILES string of the molecule is CN=C(NCc1cccnc1OC)N1CCC(C)C(n2ccnc2)C1. The maximum absolute atomic E-state index is 5.32. The second-order valence-electron chi connectivity index (χ2n) is 6.36. The highest BCUT2D eigenvalue weighted by Crippen LogP contribution is 2.27. The van der Waals surface area contributed by atoms with Crippen LogP contribution in [0.5, 0.6) is 5.88 Å². The Labute approximate surface area is 148 Å². The van der Waals surface area contributed by atoms with E-state index in [0.29, 0.717) is 24.4 Å². The number of aliphatic imine (C=N–C) groups is 1. The number of piperidine rings is 1. The Balaban J connectivity index is 1.67. The van der Waals surface area contributed by atoms with Gasteiger partial charge in [0.15, 0.2) is 5.96 Å². The van der Waals surface area contributed by atoms with Crippen molar-refractivity contribution in [2.45, 2.75) is 25.9 Å². The summed E-state index contributed by atoms with van der Waals surface area (Å²) in [6.07, 6.45) is 8.65. The molecular formula is C18H26N6O. The predicted octanol–water partition coefficient (Wildman–Crippen LogP) is 1.95. The van der Waals surface area contributed by atoms with Crippen LogP contribution >= 0.6 is 0 Å². The molecule has 1 saturated heterocycles. The van der Waals surface area contributed by atoms with Gasteiger partial charge in [0, 0.05) is 50.8 Å². The zero-order valence-electron chi connectivity index (χ0n) is 15.1. The third kappa shape index (κ3) is 3.92. The van der Waals surface area contributed by atoms with Gasteiger partial charge < -0.3 is 19.5 Å². The summed E-state index contributed by atoms with van der Waals surface area (Å²) in [6.45, 7) is 4.85. The van der Waals surface area contributed by atoms with E-state index in [0.717, 1.165) is 31.0 Å². The summed E-state index contributed by atoms with van der Waals surface area (Å²) in [5.74, 6) is 2.17. The quantitative estimate of drug-likeness (QED) is 0.679. The molecular weight excluding hydrogens is 316 g/mol. The monoisotopic (exact) mass is 342 g/mol. The number of aromatic nitrogens is 3. The minimum atomic E-state index is 0.405. The summed E-state index contributed by atoms with van der Waals surface area (Å²) >= 11 is 0. The van der Waals surface area contributed by atoms with Crippen LogP contribution in [0.1, 0.15) is 24.9 Å². The third-order valence-electron chi connectivity index (χ3n) is 4.82. The Hall–Kier alpha value is -2.57. The van der Waals surface area contributed by atoms with E-state index < -0.39 is 0 Å². The Morgan fingerprint density at radius 3 is 3.04 bits per heavy atom. The Kier molecular flexibility index (Phi) is 5.53. The molecule has 0 aromatic carbocycles. The number of nitrogens with one attached hydrogen (secondary N) is 1. The normalized spacial score (nSPS) is 21.2. The largest absolute Gasteiger partial charge is 0.481 e. The van der Waals surface area contributed by atoms with Crippen molar-refractivity contribution in [1.29, 1.82) is 0 Å². The molecule has 0 aliphatic carbocycles. The molecule has 2 aromatic rings. The molecule has 0 amide bonds. The van der Waals surface area contributed by atoms with Crippen LogP contribution in [-0.2, 0) is 6.54 Å². The summed E-state index contributed by atoms with van der Waals surface area (Å²) < 4.78 is 7.52. The highest BCUT2D eigenvalue weighted by Gasteiger charge is 2.28. The number of imidazole rings is 1. The van der Waals surface area contributed by atoms with Crippen molar-refractivity contribution in [2.75, 3.05) is 27.2 Å². The van der Waals surface area contributed by atoms with E-state index in [1.807, 2.05) is 37.9 Å². The van der Waals surface area contributed by atoms with Crippen LogP contribution in [0.4, 0.5) is 0 Å². The number of methoxy groups -OCH3 is 1. The predicted molar refractivity (Wildman–Crippen MR) is 97.6 cm³/mol. The number of hydrogen-bond donors (Lipinski definition) is 1. The summed E-state index contributed by atoms with van der Waals surface area (Å²) in [5.41, 5.74) is 1.02. The van der Waals surface area contributed by atoms with Crippen molar-refractivity contribution in [2.24, 2.45) is 10.9 Å². The second kappa shape index (κ2) is 8.00. The summed E-state index contributed by atoms with van der Waals surface area (Å²) in [5, 5.41) is 3.44. The van der Waals surface area contributed by atoms with Gasteiger partial charge in [0.25, 0.3) is 0 Å². The molecule has 0 spiro atoms. The molecule has 0 bridgehead atoms. The van der Waals surface area contributed by atoms with Gasteiger partial charge in [-0.05, 0) is 18.4 Å². The highest BCUT2D eigenvalue weighted by atomic mass is 16.5. The Morgan fingerprint density at radius 2 is 2.32 bits per heavy atom. The number of pyridine rings is 1. The third-order valence-corrected chi connectivity index (χ3v) is 4.82. The standard InChI is InChI=1S/C18H26N6O/c1-14-6-9-23(12-16(14)24-10-8-20-13-24)18(19-2)22-11-15-5-4-7-21-17(15)25-3/h4-5,7-8,10,13-14,16H,6,9,11-12H2,1-3H3,(H,19,22). The summed E-state index contributed by atoms with van der Waals surface area (Å²) in [4.78, 5) is 15.2. The number of nitrogens with zero attached hydrogens (tertiary/aromatic N) is 5. The van der Waals surface area contributed by atoms with E-state index in [2.05, 4.69) is 36.7 Å². The first kappa shape index (κ1) is 17.3. The molecule has 1 N–H and O–H groups in total. The van der Waals surface area contributed by atoms with Gasteiger partial charge in [0.2, 0.25) is 5.88 Å². The first-order valence-corrected chi connectivity index (χ1v) is 8.64. The van der Waals surface area contributed by atoms with E-state index in [1.54, 1.807) is 13.3 Å². The lowest BCUT2D eigenvalue weighted by atomic mass is 9.93. The highest BCUT2D eigenvalue weighted by molar-refractivity contribution is 5.80. The van der Waals surface area contributed by atoms with Crippen molar-refractivity contribution in [3.05, 3.63) is 42.6 Å². The van der Waals surface area contributed by atoms with Crippen LogP contribution in [0.15, 0.2) is 42.0 Å². The maximum atomic E-state index is 5.32. The topological polar surface area (TPSA) is 67.6 Å². The van der Waals surface area contributed by atoms with Crippen molar-refractivity contribution < 1.29 is 4.74 Å². The zero-order chi connectivity index (χ0) is 17.6. The minimum Gasteiger partial charge on any atom is -0.481 e. The number of guanidine groups is 1. The smallest absolute Gasteiger partial charge is 0.218 e. The number of ether oxygens (including phenoxy) is 1. The fourth-order valence-corrected chi connectivity index (χ4v) is 3.34. The Morgan fingerprint density at radius 1 is 1.44 bits per heavy atom. The molecule has 1 aliphatic heterocycles. The van der Waals surface area contributed by atoms with Gasteiger partial charge in [0.05, 0.1) is 19.5 Å². The van der Waals surface area contributed by atoms with Gasteiger partial charge >= 0.3 is 0 Å². The lowest BCUT2D eigenvalue weighted by Gasteiger charge is -2.39. The van der Waals surface area contributed by atoms with Crippen molar-refractivity contribution in [3.8, 4) is 5.88 Å². The van der Waals surface area contributed by atoms with E-state index in [4.69, 9.17) is 4.74 Å². The molecule has 7 nitrogen and oxygen atoms in total. The van der Waals surface area contributed by atoms with Gasteiger partial charge in [0.1, 0.15) is 0 Å². The zero-order valence-corrected chi connectivity index (χ0v) is 15.1. The fraction of sp³-hybridized carbons (Fsp3) is 0.500. The number of rotatable bonds is 4. The molecule has 7 heteroatoms. The maximum Gasteiger partial charge on any atom is 0.218 e. The van der Waals surface area contributed by atoms with Crippen molar-refractivity contribution in [3.63, 3.8) is 0 Å². The van der Waals surface area contributed by atoms with E-state index in [1.165, 1.54) is 0 Å². The lowest BCUT2D eigenvalue weighted by Crippen LogP contribution is -2.48. The van der Waals surface area contributed by atoms with Crippen LogP contribution < -0.4 is 10.1 Å². The lowest BCUT2D eigenvalue weighted by molar-refractivity contribution is 0.189. The molecule has 1 aliphatic rings. The average molecular weight is 342 g/mol. The molecule has 2 atom stereocenters. The Bertz CT molecular complexity index is 699. The molecule has 0 saturated carbocycles. The number of likely N-dealkylation sites (tertiary alicyclic amines) is 1. The van der Waals surface area contributed by atoms with E-state index >= 15 is 0 Å². The van der Waals surface area contributed by atoms with Gasteiger partial charge in [-0.3, -0.25) is 4.99 Å². The first-order chi connectivity index (χ1) is 12.2. The molecule has 25 heavy (non-hydrogen) atoms. The fourth-order valence-electron chi connectivity index (χ4n) is 3.34. The van der Waals surface area contributed by atoms with Crippen LogP contribution in [0.3, 0.4) is 0 Å². The molecule has 134 valence electrons. The van der Waals surface area contributed by atoms with Gasteiger partial charge in [-0.15, -0.1) is 0 Å². The van der Waals surface area contributed by atoms with E-state index in [-0.39, 0.29) is 0 Å². The molecule has 2 unspecified atom stereocenters. The molecule has 2 aromatic heterocycles. The minimum absolute atomic E-state index is 0.405. The van der Waals surface area contributed by atoms with E-state index in [9.17, 15) is 0 Å². The van der Waals surface area contributed by atoms with Crippen LogP contribution in [-0.4, -0.2) is 52.6 Å². The van der Waals surface area contributed by atoms with Crippen LogP contribution in [0, 0.1) is 5.92 Å². The first-order valence-electron chi connectivity index (χ1n) is 8.64. The van der Waals surface area contributed by atoms with Gasteiger partial charge in [-0.2, -0.15) is 0 Å². The van der Waals surface area contributed by atoms with Crippen LogP contribution in [0.25, 0.3) is 0 Å². The second-order valence-corrected chi connectivity index (χ2v) is 6.36. The molecule has 0 radical (unpaired) electrons. The number of hydrogen-bond acceptors (Lipinski definition) is 4. The van der Waals surface area contributed by atoms with Crippen molar-refractivity contribution >= 4 is 5.96 Å². The van der Waals surface area contributed by atoms with Crippen LogP contribution in [0.2, 0.25) is 0 Å². The molecule has 3 rings (SSSR count). The summed E-state index contributed by atoms with van der Waals surface area (Å²) in [7, 11) is 3.47. The van der Waals surface area contributed by atoms with Gasteiger partial charge in [-0.1, -0.05) is 13.0 Å². The molecule has 3 heterocycles. The van der Waals surface area contributed by atoms with Crippen molar-refractivity contribution in [1.82, 2.24) is 24.8 Å².